The maximum absolute atomic E-state index is 14.4. The lowest BCUT2D eigenvalue weighted by Gasteiger charge is -2.15. The number of nitrogens with zero attached hydrogens (tertiary/aromatic N) is 3. The minimum atomic E-state index is -0.849. The summed E-state index contributed by atoms with van der Waals surface area (Å²) < 4.78 is 15.9. The number of nitrogens with two attached hydrogens (primary N) is 2. The smallest absolute Gasteiger partial charge is 0.271 e. The van der Waals surface area contributed by atoms with E-state index in [4.69, 9.17) is 11.5 Å². The first-order chi connectivity index (χ1) is 12.8. The number of halogens is 1. The molecule has 0 atom stereocenters. The number of nitrogen functional groups attached to an aromatic ring is 1. The van der Waals surface area contributed by atoms with E-state index < -0.39 is 11.7 Å². The van der Waals surface area contributed by atoms with Gasteiger partial charge in [0.05, 0.1) is 5.69 Å². The molecule has 2 aromatic heterocycles. The minimum absolute atomic E-state index is 0.105. The number of pyridine rings is 1. The van der Waals surface area contributed by atoms with Crippen LogP contribution >= 0.6 is 0 Å². The van der Waals surface area contributed by atoms with Gasteiger partial charge in [-0.2, -0.15) is 0 Å². The van der Waals surface area contributed by atoms with E-state index in [2.05, 4.69) is 9.97 Å². The normalized spacial score (nSPS) is 11.0. The Morgan fingerprint density at radius 1 is 1.11 bits per heavy atom. The molecule has 27 heavy (non-hydrogen) atoms. The van der Waals surface area contributed by atoms with Gasteiger partial charge in [0.15, 0.2) is 11.5 Å². The third kappa shape index (κ3) is 3.41. The van der Waals surface area contributed by atoms with Crippen LogP contribution in [0.4, 0.5) is 10.2 Å². The highest BCUT2D eigenvalue weighted by molar-refractivity contribution is 5.96. The van der Waals surface area contributed by atoms with Crippen molar-refractivity contribution in [1.29, 1.82) is 0 Å². The van der Waals surface area contributed by atoms with Gasteiger partial charge in [0.2, 0.25) is 0 Å². The van der Waals surface area contributed by atoms with Crippen molar-refractivity contribution in [1.82, 2.24) is 14.5 Å². The fourth-order valence-electron chi connectivity index (χ4n) is 2.72. The molecule has 0 aliphatic carbocycles. The zero-order chi connectivity index (χ0) is 19.7. The Morgan fingerprint density at radius 3 is 2.44 bits per heavy atom. The van der Waals surface area contributed by atoms with Crippen LogP contribution in [0.1, 0.15) is 30.4 Å². The molecule has 0 aliphatic rings. The summed E-state index contributed by atoms with van der Waals surface area (Å²) in [6.45, 7) is 3.71. The molecule has 2 heterocycles. The lowest BCUT2D eigenvalue weighted by Crippen LogP contribution is -2.21. The van der Waals surface area contributed by atoms with Crippen molar-refractivity contribution in [3.05, 3.63) is 64.5 Å². The number of hydrogen-bond acceptors (Lipinski definition) is 5. The van der Waals surface area contributed by atoms with Crippen molar-refractivity contribution < 1.29 is 9.18 Å². The van der Waals surface area contributed by atoms with Crippen molar-refractivity contribution >= 4 is 11.7 Å². The molecule has 7 nitrogen and oxygen atoms in total. The van der Waals surface area contributed by atoms with Crippen LogP contribution < -0.4 is 17.0 Å². The highest BCUT2D eigenvalue weighted by Gasteiger charge is 2.20. The van der Waals surface area contributed by atoms with Gasteiger partial charge in [0.25, 0.3) is 11.5 Å². The van der Waals surface area contributed by atoms with Gasteiger partial charge in [-0.05, 0) is 32.0 Å². The summed E-state index contributed by atoms with van der Waals surface area (Å²) >= 11 is 0. The third-order valence-corrected chi connectivity index (χ3v) is 4.05. The van der Waals surface area contributed by atoms with Crippen LogP contribution in [0.3, 0.4) is 0 Å². The summed E-state index contributed by atoms with van der Waals surface area (Å²) in [4.78, 5) is 32.1. The molecule has 8 heteroatoms. The molecule has 0 bridgehead atoms. The first-order valence-electron chi connectivity index (χ1n) is 8.24. The second kappa shape index (κ2) is 6.99. The van der Waals surface area contributed by atoms with Gasteiger partial charge >= 0.3 is 0 Å². The van der Waals surface area contributed by atoms with Crippen LogP contribution in [-0.4, -0.2) is 20.4 Å². The molecule has 1 aromatic carbocycles. The zero-order valence-corrected chi connectivity index (χ0v) is 14.8. The molecule has 0 aliphatic heterocycles. The summed E-state index contributed by atoms with van der Waals surface area (Å²) in [6, 6.07) is 8.83. The summed E-state index contributed by atoms with van der Waals surface area (Å²) in [7, 11) is 0. The monoisotopic (exact) mass is 367 g/mol. The topological polar surface area (TPSA) is 117 Å². The highest BCUT2D eigenvalue weighted by Crippen LogP contribution is 2.32. The molecule has 0 saturated heterocycles. The van der Waals surface area contributed by atoms with Crippen molar-refractivity contribution in [3.8, 4) is 22.5 Å². The first-order valence-corrected chi connectivity index (χ1v) is 8.24. The minimum Gasteiger partial charge on any atom is -0.382 e. The Hall–Kier alpha value is -3.55. The van der Waals surface area contributed by atoms with Crippen LogP contribution in [0, 0.1) is 5.82 Å². The average Bonchev–Trinajstić information content (AvgIpc) is 2.62. The molecule has 138 valence electrons. The second-order valence-corrected chi connectivity index (χ2v) is 6.26. The zero-order valence-electron chi connectivity index (χ0n) is 14.8. The van der Waals surface area contributed by atoms with Gasteiger partial charge in [-0.15, -0.1) is 0 Å². The van der Waals surface area contributed by atoms with Crippen LogP contribution in [0.5, 0.6) is 0 Å². The van der Waals surface area contributed by atoms with E-state index in [-0.39, 0.29) is 40.1 Å². The van der Waals surface area contributed by atoms with E-state index in [1.807, 2.05) is 13.8 Å². The molecule has 1 amide bonds. The molecule has 3 rings (SSSR count). The largest absolute Gasteiger partial charge is 0.382 e. The number of carbonyl (C=O) groups excluding carboxylic acids is 1. The van der Waals surface area contributed by atoms with Crippen LogP contribution in [-0.2, 0) is 0 Å². The maximum Gasteiger partial charge on any atom is 0.271 e. The van der Waals surface area contributed by atoms with Gasteiger partial charge in [0, 0.05) is 29.4 Å². The Kier molecular flexibility index (Phi) is 4.72. The number of rotatable bonds is 4. The molecule has 0 unspecified atom stereocenters. The van der Waals surface area contributed by atoms with Crippen molar-refractivity contribution in [2.75, 3.05) is 5.73 Å². The van der Waals surface area contributed by atoms with Crippen molar-refractivity contribution in [3.63, 3.8) is 0 Å². The number of benzene rings is 1. The SMILES string of the molecule is CC(C)n1cc(-c2nc(C(N)=O)c(N)nc2-c2ccccc2F)ccc1=O. The summed E-state index contributed by atoms with van der Waals surface area (Å²) in [5, 5.41) is 0. The van der Waals surface area contributed by atoms with Crippen LogP contribution in [0.15, 0.2) is 47.4 Å². The van der Waals surface area contributed by atoms with E-state index in [0.717, 1.165) is 0 Å². The Labute approximate surface area is 154 Å². The molecule has 4 N–H and O–H groups in total. The summed E-state index contributed by atoms with van der Waals surface area (Å²) in [6.07, 6.45) is 1.59. The third-order valence-electron chi connectivity index (χ3n) is 4.05. The van der Waals surface area contributed by atoms with Gasteiger partial charge in [-0.1, -0.05) is 12.1 Å². The number of anilines is 1. The summed E-state index contributed by atoms with van der Waals surface area (Å²) in [5.74, 6) is -1.56. The molecular weight excluding hydrogens is 349 g/mol. The van der Waals surface area contributed by atoms with Crippen LogP contribution in [0.2, 0.25) is 0 Å². The molecule has 3 aromatic rings. The Morgan fingerprint density at radius 2 is 1.81 bits per heavy atom. The van der Waals surface area contributed by atoms with Crippen LogP contribution in [0.25, 0.3) is 22.5 Å². The van der Waals surface area contributed by atoms with E-state index in [1.54, 1.807) is 18.3 Å². The average molecular weight is 367 g/mol. The first kappa shape index (κ1) is 18.2. The van der Waals surface area contributed by atoms with Crippen molar-refractivity contribution in [2.24, 2.45) is 5.73 Å². The van der Waals surface area contributed by atoms with Gasteiger partial charge < -0.3 is 16.0 Å². The molecule has 0 fully saturated rings. The van der Waals surface area contributed by atoms with E-state index >= 15 is 0 Å². The number of hydrogen-bond donors (Lipinski definition) is 2. The quantitative estimate of drug-likeness (QED) is 0.734. The number of amides is 1. The lowest BCUT2D eigenvalue weighted by molar-refractivity contribution is 0.0996. The number of carbonyl (C=O) groups is 1. The predicted molar refractivity (Wildman–Crippen MR) is 100 cm³/mol. The standard InChI is InChI=1S/C19H18FN5O2/c1-10(2)25-9-11(7-8-14(25)26)15-16(12-5-3-4-6-13(12)20)24-18(21)17(23-15)19(22)27/h3-10H,1-2H3,(H2,21,24)(H2,22,27). The van der Waals surface area contributed by atoms with Gasteiger partial charge in [-0.25, -0.2) is 14.4 Å². The molecule has 0 spiro atoms. The van der Waals surface area contributed by atoms with Gasteiger partial charge in [-0.3, -0.25) is 9.59 Å². The van der Waals surface area contributed by atoms with Crippen molar-refractivity contribution in [2.45, 2.75) is 19.9 Å². The lowest BCUT2D eigenvalue weighted by atomic mass is 10.0. The molecule has 0 saturated carbocycles. The molecule has 0 radical (unpaired) electrons. The Bertz CT molecular complexity index is 1090. The fourth-order valence-corrected chi connectivity index (χ4v) is 2.72. The Balaban J connectivity index is 2.35. The van der Waals surface area contributed by atoms with E-state index in [1.165, 1.54) is 28.8 Å². The van der Waals surface area contributed by atoms with E-state index in [9.17, 15) is 14.0 Å². The maximum atomic E-state index is 14.4. The molecular formula is C19H18FN5O2. The fraction of sp³-hybridized carbons (Fsp3) is 0.158. The second-order valence-electron chi connectivity index (χ2n) is 6.26. The number of aromatic nitrogens is 3. The van der Waals surface area contributed by atoms with Gasteiger partial charge in [0.1, 0.15) is 11.5 Å². The summed E-state index contributed by atoms with van der Waals surface area (Å²) in [5.41, 5.74) is 11.7. The highest BCUT2D eigenvalue weighted by atomic mass is 19.1. The number of primary amides is 1. The van der Waals surface area contributed by atoms with E-state index in [0.29, 0.717) is 5.56 Å². The predicted octanol–water partition coefficient (Wildman–Crippen LogP) is 2.37.